The van der Waals surface area contributed by atoms with Crippen LogP contribution in [0.1, 0.15) is 52.6 Å². The fourth-order valence-corrected chi connectivity index (χ4v) is 11.3. The number of amides is 2. The molecule has 0 saturated carbocycles. The summed E-state index contributed by atoms with van der Waals surface area (Å²) >= 11 is 0. The van der Waals surface area contributed by atoms with Crippen molar-refractivity contribution in [3.63, 3.8) is 0 Å². The van der Waals surface area contributed by atoms with Gasteiger partial charge in [0.25, 0.3) is 11.8 Å². The van der Waals surface area contributed by atoms with Gasteiger partial charge in [0.2, 0.25) is 0 Å². The van der Waals surface area contributed by atoms with E-state index in [9.17, 15) is 19.2 Å². The summed E-state index contributed by atoms with van der Waals surface area (Å²) in [5, 5.41) is 2.37. The minimum atomic E-state index is -2.44. The monoisotopic (exact) mass is 912 g/mol. The van der Waals surface area contributed by atoms with E-state index in [0.717, 1.165) is 11.1 Å². The van der Waals surface area contributed by atoms with Crippen molar-refractivity contribution < 1.29 is 46.7 Å². The van der Waals surface area contributed by atoms with Gasteiger partial charge >= 0.3 is 29.0 Å². The molecule has 2 aliphatic heterocycles. The Morgan fingerprint density at radius 1 is 0.485 bits per heavy atom. The first-order valence-electron chi connectivity index (χ1n) is 20.8. The molecule has 0 spiro atoms. The molecular weight excluding hydrogens is 875 g/mol. The number of para-hydroxylation sites is 4. The van der Waals surface area contributed by atoms with E-state index in [4.69, 9.17) is 27.6 Å². The molecule has 8 aromatic rings. The molecule has 2 amide bonds. The first kappa shape index (κ1) is 42.2. The third kappa shape index (κ3) is 7.21. The predicted molar refractivity (Wildman–Crippen MR) is 255 cm³/mol. The molecule has 0 saturated heterocycles. The molecule has 2 aliphatic rings. The van der Waals surface area contributed by atoms with Crippen molar-refractivity contribution in [1.82, 2.24) is 0 Å². The lowest BCUT2D eigenvalue weighted by molar-refractivity contribution is 0.0589. The number of rotatable bonds is 9. The Morgan fingerprint density at radius 2 is 0.848 bits per heavy atom. The average Bonchev–Trinajstić information content (AvgIpc) is 3.34. The van der Waals surface area contributed by atoms with Crippen molar-refractivity contribution in [2.45, 2.75) is 13.8 Å². The molecule has 0 radical (unpaired) electrons. The topological polar surface area (TPSA) is 130 Å². The van der Waals surface area contributed by atoms with Crippen molar-refractivity contribution in [2.24, 2.45) is 0 Å². The number of carbonyl (C=O) groups is 4. The Labute approximate surface area is 381 Å². The molecule has 0 N–H and O–H groups in total. The van der Waals surface area contributed by atoms with Crippen LogP contribution in [0, 0.1) is 13.8 Å². The maximum absolute atomic E-state index is 14.7. The van der Waals surface area contributed by atoms with E-state index in [-0.39, 0.29) is 34.4 Å². The highest BCUT2D eigenvalue weighted by molar-refractivity contribution is 7.52. The molecule has 2 atom stereocenters. The summed E-state index contributed by atoms with van der Waals surface area (Å²) < 4.78 is 41.4. The summed E-state index contributed by atoms with van der Waals surface area (Å²) in [5.41, 5.74) is 3.85. The zero-order chi connectivity index (χ0) is 45.6. The molecule has 14 heteroatoms. The maximum Gasteiger partial charge on any atom is 0.424 e. The average molecular weight is 913 g/mol. The van der Waals surface area contributed by atoms with Gasteiger partial charge < -0.3 is 27.6 Å². The van der Waals surface area contributed by atoms with Crippen molar-refractivity contribution in [3.05, 3.63) is 191 Å². The van der Waals surface area contributed by atoms with Gasteiger partial charge in [-0.2, -0.15) is 0 Å². The number of benzene rings is 8. The van der Waals surface area contributed by atoms with Gasteiger partial charge in [0, 0.05) is 11.1 Å². The zero-order valence-corrected chi connectivity index (χ0v) is 37.7. The van der Waals surface area contributed by atoms with E-state index in [2.05, 4.69) is 0 Å². The highest BCUT2D eigenvalue weighted by Crippen LogP contribution is 2.60. The second-order valence-electron chi connectivity index (χ2n) is 15.3. The van der Waals surface area contributed by atoms with Crippen LogP contribution in [0.25, 0.3) is 32.7 Å². The zero-order valence-electron chi connectivity index (χ0n) is 35.9. The fraction of sp³-hybridized carbons (Fsp3) is 0.0769. The molecule has 12 nitrogen and oxygen atoms in total. The number of esters is 2. The van der Waals surface area contributed by atoms with Gasteiger partial charge in [0.15, 0.2) is 11.5 Å². The number of ether oxygens (including phenoxy) is 2. The van der Waals surface area contributed by atoms with Crippen LogP contribution < -0.4 is 27.4 Å². The quantitative estimate of drug-likeness (QED) is 0.102. The Kier molecular flexibility index (Phi) is 11.1. The Balaban J connectivity index is 1.28. The van der Waals surface area contributed by atoms with Gasteiger partial charge in [-0.1, -0.05) is 109 Å². The number of hydrogen-bond acceptors (Lipinski definition) is 10. The van der Waals surface area contributed by atoms with Gasteiger partial charge in [-0.05, 0) is 95.1 Å². The molecule has 0 aromatic heterocycles. The van der Waals surface area contributed by atoms with E-state index >= 15 is 0 Å². The number of methoxy groups -OCH3 is 2. The Bertz CT molecular complexity index is 3090. The van der Waals surface area contributed by atoms with Crippen LogP contribution in [-0.2, 0) is 9.47 Å². The molecule has 0 aliphatic carbocycles. The molecule has 2 heterocycles. The van der Waals surface area contributed by atoms with Crippen LogP contribution in [-0.4, -0.2) is 38.0 Å². The second-order valence-corrected chi connectivity index (χ2v) is 17.8. The summed E-state index contributed by atoms with van der Waals surface area (Å²) in [6.45, 7) is 3.76. The summed E-state index contributed by atoms with van der Waals surface area (Å²) in [7, 11) is -2.34. The molecule has 2 unspecified atom stereocenters. The van der Waals surface area contributed by atoms with Crippen molar-refractivity contribution in [3.8, 4) is 34.1 Å². The highest BCUT2D eigenvalue weighted by Gasteiger charge is 2.44. The lowest BCUT2D eigenvalue weighted by Crippen LogP contribution is -2.34. The van der Waals surface area contributed by atoms with Gasteiger partial charge in [0.05, 0.1) is 36.7 Å². The van der Waals surface area contributed by atoms with Crippen LogP contribution in [0.2, 0.25) is 0 Å². The van der Waals surface area contributed by atoms with Crippen LogP contribution in [0.15, 0.2) is 158 Å². The van der Waals surface area contributed by atoms with E-state index in [1.807, 2.05) is 98.8 Å². The molecule has 8 aromatic carbocycles. The van der Waals surface area contributed by atoms with Gasteiger partial charge in [-0.3, -0.25) is 9.59 Å². The summed E-state index contributed by atoms with van der Waals surface area (Å²) in [6.07, 6.45) is 0. The number of nitrogens with zero attached hydrogens (tertiary/aromatic N) is 2. The number of carbonyl (C=O) groups excluding carboxylic acids is 4. The second kappa shape index (κ2) is 17.3. The third-order valence-electron chi connectivity index (χ3n) is 11.4. The molecule has 0 bridgehead atoms. The van der Waals surface area contributed by atoms with Crippen LogP contribution in [0.3, 0.4) is 0 Å². The highest BCUT2D eigenvalue weighted by atomic mass is 31.2. The Morgan fingerprint density at radius 3 is 1.26 bits per heavy atom. The lowest BCUT2D eigenvalue weighted by atomic mass is 9.89. The Hall–Kier alpha value is -7.78. The standard InChI is InChI=1S/C52H38N2O10P2/c1-31-17-5-13-25-41(31)53-49(55)37-23-11-15-27-43(37)61-65(53)63-47-39(51(57)59-3)29-33-19-7-9-21-35(33)45(47)46-36-22-10-8-20-34(36)30-40(52(58)60-4)48(46)64-66-54(42-26-14-6-18-32(42)2)50(56)38-24-12-16-28-44(38)62-66/h5-30H,1-4H3. The van der Waals surface area contributed by atoms with Crippen molar-refractivity contribution in [2.75, 3.05) is 23.6 Å². The first-order valence-corrected chi connectivity index (χ1v) is 23.0. The minimum Gasteiger partial charge on any atom is -0.465 e. The maximum atomic E-state index is 14.7. The SMILES string of the molecule is COC(=O)c1cc2ccccc2c(-c2c(OP3Oc4ccccc4C(=O)N3c3ccccc3C)c(C(=O)OC)cc3ccccc23)c1OP1Oc2ccccc2C(=O)N1c1ccccc1C. The first-order chi connectivity index (χ1) is 32.2. The van der Waals surface area contributed by atoms with E-state index in [0.29, 0.717) is 66.7 Å². The van der Waals surface area contributed by atoms with Crippen molar-refractivity contribution in [1.29, 1.82) is 0 Å². The molecule has 0 fully saturated rings. The molecule has 66 heavy (non-hydrogen) atoms. The smallest absolute Gasteiger partial charge is 0.424 e. The number of anilines is 2. The van der Waals surface area contributed by atoms with Crippen LogP contribution >= 0.6 is 17.1 Å². The van der Waals surface area contributed by atoms with E-state index < -0.39 is 29.0 Å². The largest absolute Gasteiger partial charge is 0.465 e. The number of hydrogen-bond donors (Lipinski definition) is 0. The van der Waals surface area contributed by atoms with Crippen LogP contribution in [0.5, 0.6) is 23.0 Å². The molecule has 10 rings (SSSR count). The number of aryl methyl sites for hydroxylation is 2. The van der Waals surface area contributed by atoms with Gasteiger partial charge in [-0.15, -0.1) is 0 Å². The predicted octanol–water partition coefficient (Wildman–Crippen LogP) is 12.5. The normalized spacial score (nSPS) is 15.3. The van der Waals surface area contributed by atoms with Gasteiger partial charge in [0.1, 0.15) is 22.6 Å². The number of fused-ring (bicyclic) bond motifs is 4. The van der Waals surface area contributed by atoms with E-state index in [1.54, 1.807) is 72.8 Å². The molecule has 326 valence electrons. The van der Waals surface area contributed by atoms with E-state index in [1.165, 1.54) is 23.6 Å². The minimum absolute atomic E-state index is 0.00267. The van der Waals surface area contributed by atoms with Gasteiger partial charge in [-0.25, -0.2) is 18.9 Å². The lowest BCUT2D eigenvalue weighted by Gasteiger charge is -2.36. The molecular formula is C52H38N2O10P2. The van der Waals surface area contributed by atoms with Crippen molar-refractivity contribution >= 4 is 73.7 Å². The summed E-state index contributed by atoms with van der Waals surface area (Å²) in [4.78, 5) is 57.9. The van der Waals surface area contributed by atoms with Crippen LogP contribution in [0.4, 0.5) is 11.4 Å². The fourth-order valence-electron chi connectivity index (χ4n) is 8.21. The summed E-state index contributed by atoms with van der Waals surface area (Å²) in [5.74, 6) is -1.71. The third-order valence-corrected chi connectivity index (χ3v) is 14.2. The summed E-state index contributed by atoms with van der Waals surface area (Å²) in [6, 6.07) is 46.6.